The van der Waals surface area contributed by atoms with Crippen molar-refractivity contribution in [1.29, 1.82) is 0 Å². The fraction of sp³-hybridized carbons (Fsp3) is 0.375. The van der Waals surface area contributed by atoms with Gasteiger partial charge < -0.3 is 25.2 Å². The second kappa shape index (κ2) is 12.3. The average molecular weight is 527 g/mol. The van der Waals surface area contributed by atoms with Crippen LogP contribution < -0.4 is 15.4 Å². The van der Waals surface area contributed by atoms with Gasteiger partial charge in [0.25, 0.3) is 0 Å². The second-order valence-electron chi connectivity index (χ2n) is 10.7. The number of benzene rings is 3. The number of hydrogen-bond acceptors (Lipinski definition) is 4. The smallest absolute Gasteiger partial charge is 0.319 e. The van der Waals surface area contributed by atoms with Gasteiger partial charge in [-0.15, -0.1) is 0 Å². The van der Waals surface area contributed by atoms with Gasteiger partial charge in [-0.25, -0.2) is 4.79 Å². The van der Waals surface area contributed by atoms with Crippen molar-refractivity contribution in [2.24, 2.45) is 5.41 Å². The fourth-order valence-electron chi connectivity index (χ4n) is 5.83. The highest BCUT2D eigenvalue weighted by atomic mass is 16.5. The van der Waals surface area contributed by atoms with E-state index in [1.54, 1.807) is 7.11 Å². The van der Waals surface area contributed by atoms with Crippen molar-refractivity contribution in [2.45, 2.75) is 38.3 Å². The fourth-order valence-corrected chi connectivity index (χ4v) is 5.83. The van der Waals surface area contributed by atoms with Crippen LogP contribution in [0.4, 0.5) is 10.5 Å². The first kappa shape index (κ1) is 26.8. The van der Waals surface area contributed by atoms with Crippen LogP contribution in [-0.4, -0.2) is 55.0 Å². The zero-order chi connectivity index (χ0) is 27.1. The number of likely N-dealkylation sites (tertiary alicyclic amines) is 2. The minimum absolute atomic E-state index is 0.0982. The Kier molecular flexibility index (Phi) is 8.47. The number of urea groups is 1. The monoisotopic (exact) mass is 526 g/mol. The van der Waals surface area contributed by atoms with Crippen LogP contribution >= 0.6 is 0 Å². The van der Waals surface area contributed by atoms with E-state index < -0.39 is 0 Å². The number of carbonyl (C=O) groups is 2. The van der Waals surface area contributed by atoms with Crippen molar-refractivity contribution in [3.63, 3.8) is 0 Å². The molecule has 2 N–H and O–H groups in total. The molecule has 3 aromatic rings. The Hall–Kier alpha value is -3.84. The summed E-state index contributed by atoms with van der Waals surface area (Å²) in [4.78, 5) is 30.7. The van der Waals surface area contributed by atoms with Gasteiger partial charge in [0, 0.05) is 25.3 Å². The summed E-state index contributed by atoms with van der Waals surface area (Å²) < 4.78 is 5.25. The molecule has 0 radical (unpaired) electrons. The maximum atomic E-state index is 13.5. The molecule has 2 aliphatic heterocycles. The third-order valence-electron chi connectivity index (χ3n) is 8.22. The van der Waals surface area contributed by atoms with Crippen molar-refractivity contribution in [2.75, 3.05) is 38.6 Å². The van der Waals surface area contributed by atoms with Crippen LogP contribution in [0.3, 0.4) is 0 Å². The lowest BCUT2D eigenvalue weighted by Gasteiger charge is -2.38. The molecule has 204 valence electrons. The van der Waals surface area contributed by atoms with Gasteiger partial charge in [-0.3, -0.25) is 4.79 Å². The summed E-state index contributed by atoms with van der Waals surface area (Å²) >= 11 is 0. The van der Waals surface area contributed by atoms with E-state index in [4.69, 9.17) is 4.74 Å². The predicted octanol–water partition coefficient (Wildman–Crippen LogP) is 5.46. The Bertz CT molecular complexity index is 1230. The molecular formula is C32H38N4O3. The van der Waals surface area contributed by atoms with Gasteiger partial charge in [-0.2, -0.15) is 0 Å². The zero-order valence-corrected chi connectivity index (χ0v) is 22.6. The summed E-state index contributed by atoms with van der Waals surface area (Å²) in [6.07, 6.45) is 3.52. The molecule has 2 fully saturated rings. The summed E-state index contributed by atoms with van der Waals surface area (Å²) in [5.74, 6) is 1.14. The van der Waals surface area contributed by atoms with Crippen molar-refractivity contribution < 1.29 is 14.3 Å². The topological polar surface area (TPSA) is 73.9 Å². The van der Waals surface area contributed by atoms with E-state index in [1.807, 2.05) is 77.7 Å². The number of carbonyl (C=O) groups excluding carboxylic acids is 2. The molecule has 1 unspecified atom stereocenters. The summed E-state index contributed by atoms with van der Waals surface area (Å²) in [5.41, 5.74) is 2.77. The van der Waals surface area contributed by atoms with Gasteiger partial charge in [-0.1, -0.05) is 60.7 Å². The number of nitrogens with one attached hydrogen (secondary N) is 2. The van der Waals surface area contributed by atoms with Crippen molar-refractivity contribution in [1.82, 2.24) is 15.1 Å². The van der Waals surface area contributed by atoms with E-state index in [9.17, 15) is 9.59 Å². The molecule has 5 rings (SSSR count). The number of hydrogen-bond donors (Lipinski definition) is 2. The Labute approximate surface area is 231 Å². The van der Waals surface area contributed by atoms with E-state index in [0.717, 1.165) is 74.4 Å². The van der Waals surface area contributed by atoms with Crippen LogP contribution in [0, 0.1) is 5.41 Å². The van der Waals surface area contributed by atoms with Gasteiger partial charge in [0.2, 0.25) is 5.91 Å². The lowest BCUT2D eigenvalue weighted by atomic mass is 9.77. The molecule has 0 aliphatic carbocycles. The number of anilines is 1. The third-order valence-corrected chi connectivity index (χ3v) is 8.22. The van der Waals surface area contributed by atoms with Crippen molar-refractivity contribution in [3.05, 3.63) is 96.1 Å². The van der Waals surface area contributed by atoms with Crippen LogP contribution in [0.15, 0.2) is 84.9 Å². The van der Waals surface area contributed by atoms with Crippen LogP contribution in [0.2, 0.25) is 0 Å². The molecule has 2 aliphatic rings. The van der Waals surface area contributed by atoms with E-state index in [-0.39, 0.29) is 17.5 Å². The molecule has 7 heteroatoms. The normalized spacial score (nSPS) is 17.7. The first-order valence-corrected chi connectivity index (χ1v) is 13.9. The Morgan fingerprint density at radius 1 is 0.897 bits per heavy atom. The molecule has 1 spiro atoms. The average Bonchev–Trinajstić information content (AvgIpc) is 3.27. The molecule has 3 aromatic carbocycles. The molecule has 7 nitrogen and oxygen atoms in total. The molecule has 2 saturated heterocycles. The molecule has 2 heterocycles. The van der Waals surface area contributed by atoms with Gasteiger partial charge in [-0.05, 0) is 74.2 Å². The molecular weight excluding hydrogens is 488 g/mol. The number of methoxy groups -OCH3 is 1. The van der Waals surface area contributed by atoms with E-state index >= 15 is 0 Å². The second-order valence-corrected chi connectivity index (χ2v) is 10.7. The highest BCUT2D eigenvalue weighted by Gasteiger charge is 2.47. The maximum Gasteiger partial charge on any atom is 0.319 e. The zero-order valence-electron chi connectivity index (χ0n) is 22.6. The number of piperidine rings is 1. The number of para-hydroxylation sites is 1. The van der Waals surface area contributed by atoms with Crippen LogP contribution in [0.1, 0.15) is 42.9 Å². The Balaban J connectivity index is 1.14. The Morgan fingerprint density at radius 2 is 1.54 bits per heavy atom. The predicted molar refractivity (Wildman–Crippen MR) is 154 cm³/mol. The standard InChI is InChI=1S/C32H38N4O3/c1-39-28-14-12-25(13-15-28)24-36-23-19-32(30(36)37)17-21-35(22-18-32)20-16-29(26-8-4-2-5-9-26)34-31(38)33-27-10-6-3-7-11-27/h2-15,29H,16-24H2,1H3,(H2,33,34,38). The first-order valence-electron chi connectivity index (χ1n) is 13.9. The summed E-state index contributed by atoms with van der Waals surface area (Å²) in [7, 11) is 1.66. The van der Waals surface area contributed by atoms with Crippen LogP contribution in [-0.2, 0) is 11.3 Å². The van der Waals surface area contributed by atoms with Crippen molar-refractivity contribution in [3.8, 4) is 5.75 Å². The highest BCUT2D eigenvalue weighted by molar-refractivity contribution is 5.89. The van der Waals surface area contributed by atoms with E-state index in [2.05, 4.69) is 27.7 Å². The number of amides is 3. The third kappa shape index (κ3) is 6.60. The van der Waals surface area contributed by atoms with Gasteiger partial charge >= 0.3 is 6.03 Å². The van der Waals surface area contributed by atoms with E-state index in [0.29, 0.717) is 12.5 Å². The summed E-state index contributed by atoms with van der Waals surface area (Å²) in [6.45, 7) is 4.15. The molecule has 1 atom stereocenters. The van der Waals surface area contributed by atoms with Gasteiger partial charge in [0.05, 0.1) is 18.6 Å². The number of ether oxygens (including phenoxy) is 1. The summed E-state index contributed by atoms with van der Waals surface area (Å²) in [6, 6.07) is 27.3. The number of nitrogens with zero attached hydrogens (tertiary/aromatic N) is 2. The lowest BCUT2D eigenvalue weighted by molar-refractivity contribution is -0.138. The SMILES string of the molecule is COc1ccc(CN2CCC3(CCN(CCC(NC(=O)Nc4ccccc4)c4ccccc4)CC3)C2=O)cc1. The van der Waals surface area contributed by atoms with Gasteiger partial charge in [0.15, 0.2) is 0 Å². The largest absolute Gasteiger partial charge is 0.497 e. The maximum absolute atomic E-state index is 13.5. The first-order chi connectivity index (χ1) is 19.0. The number of rotatable bonds is 9. The van der Waals surface area contributed by atoms with Crippen molar-refractivity contribution >= 4 is 17.6 Å². The van der Waals surface area contributed by atoms with Crippen LogP contribution in [0.5, 0.6) is 5.75 Å². The van der Waals surface area contributed by atoms with Gasteiger partial charge in [0.1, 0.15) is 5.75 Å². The highest BCUT2D eigenvalue weighted by Crippen LogP contribution is 2.42. The quantitative estimate of drug-likeness (QED) is 0.388. The molecule has 3 amide bonds. The molecule has 0 saturated carbocycles. The Morgan fingerprint density at radius 3 is 2.21 bits per heavy atom. The molecule has 39 heavy (non-hydrogen) atoms. The molecule has 0 bridgehead atoms. The van der Waals surface area contributed by atoms with E-state index in [1.165, 1.54) is 0 Å². The molecule has 0 aromatic heterocycles. The minimum Gasteiger partial charge on any atom is -0.497 e. The van der Waals surface area contributed by atoms with Crippen LogP contribution in [0.25, 0.3) is 0 Å². The minimum atomic E-state index is -0.227. The lowest BCUT2D eigenvalue weighted by Crippen LogP contribution is -2.45. The summed E-state index contributed by atoms with van der Waals surface area (Å²) in [5, 5.41) is 6.10.